The zero-order valence-corrected chi connectivity index (χ0v) is 46.3. The smallest absolute Gasteiger partial charge is 0.194 e. The maximum absolute atomic E-state index is 11.9. The molecule has 0 N–H and O–H groups in total. The Hall–Kier alpha value is -10.0. The molecule has 82 heavy (non-hydrogen) atoms. The lowest BCUT2D eigenvalue weighted by Crippen LogP contribution is -2.29. The molecule has 4 heteroatoms. The third-order valence-electron chi connectivity index (χ3n) is 19.1. The second-order valence-corrected chi connectivity index (χ2v) is 24.4. The lowest BCUT2D eigenvalue weighted by atomic mass is 9.68. The summed E-state index contributed by atoms with van der Waals surface area (Å²) >= 11 is 0. The van der Waals surface area contributed by atoms with Crippen LogP contribution in [0.5, 0.6) is 0 Å². The summed E-state index contributed by atoms with van der Waals surface area (Å²) in [7, 11) is 0. The van der Waals surface area contributed by atoms with E-state index in [0.717, 1.165) is 90.3 Å². The average Bonchev–Trinajstić information content (AvgIpc) is 1.72. The van der Waals surface area contributed by atoms with Crippen molar-refractivity contribution in [3.63, 3.8) is 0 Å². The Bertz CT molecular complexity index is 4880. The van der Waals surface area contributed by atoms with Crippen LogP contribution in [0.4, 0.5) is 5.69 Å². The molecule has 0 saturated heterocycles. The molecule has 0 aliphatic heterocycles. The monoisotopic (exact) mass is 1050 g/mol. The average molecular weight is 1050 g/mol. The summed E-state index contributed by atoms with van der Waals surface area (Å²) in [6.07, 6.45) is 1.54. The third-order valence-corrected chi connectivity index (χ3v) is 19.1. The normalized spacial score (nSPS) is 15.6. The molecule has 16 rings (SSSR count). The van der Waals surface area contributed by atoms with Gasteiger partial charge < -0.3 is 8.97 Å². The van der Waals surface area contributed by atoms with Crippen LogP contribution in [0.15, 0.2) is 243 Å². The van der Waals surface area contributed by atoms with Gasteiger partial charge in [-0.3, -0.25) is 0 Å². The van der Waals surface area contributed by atoms with Crippen molar-refractivity contribution in [3.8, 4) is 34.0 Å². The first-order chi connectivity index (χ1) is 40.1. The van der Waals surface area contributed by atoms with Crippen LogP contribution in [0.1, 0.15) is 90.6 Å². The number of hydrogen-bond donors (Lipinski definition) is 0. The largest absolute Gasteiger partial charge is 0.309 e. The molecular weight excluding hydrogens is 993 g/mol. The van der Waals surface area contributed by atoms with E-state index in [1.807, 2.05) is 0 Å². The molecule has 11 aromatic carbocycles. The topological polar surface area (TPSA) is 37.5 Å². The second kappa shape index (κ2) is 17.3. The second-order valence-electron chi connectivity index (χ2n) is 24.4. The van der Waals surface area contributed by atoms with E-state index < -0.39 is 21.7 Å². The van der Waals surface area contributed by atoms with E-state index in [-0.39, 0.29) is 0 Å². The SMILES string of the molecule is [C-]#[N+]c1cc2c(c3c1C(c1ccccc1)(c1ccccc1)CC3(C)C)c1cc3c(c4ccccc4n3-c3c(-c4ccccc4)cccc3-c3ccccc3)c3c4c5c(c(C#N)cc4n2c13)C(c1ccccc1)(c1ccccc1)CC5(C)C. The van der Waals surface area contributed by atoms with Crippen molar-refractivity contribution < 1.29 is 0 Å². The van der Waals surface area contributed by atoms with E-state index in [0.29, 0.717) is 11.3 Å². The van der Waals surface area contributed by atoms with Crippen LogP contribution >= 0.6 is 0 Å². The molecule has 0 bridgehead atoms. The van der Waals surface area contributed by atoms with E-state index in [2.05, 4.69) is 290 Å². The summed E-state index contributed by atoms with van der Waals surface area (Å²) in [5.41, 5.74) is 19.6. The van der Waals surface area contributed by atoms with Crippen LogP contribution in [0.25, 0.3) is 92.7 Å². The van der Waals surface area contributed by atoms with E-state index in [1.165, 1.54) is 54.9 Å². The highest BCUT2D eigenvalue weighted by Crippen LogP contribution is 2.65. The Labute approximate surface area is 477 Å². The number of nitrogens with zero attached hydrogens (tertiary/aromatic N) is 4. The van der Waals surface area contributed by atoms with Gasteiger partial charge in [-0.15, -0.1) is 0 Å². The number of fused-ring (bicyclic) bond motifs is 14. The van der Waals surface area contributed by atoms with Crippen molar-refractivity contribution in [1.29, 1.82) is 5.26 Å². The Morgan fingerprint density at radius 2 is 0.866 bits per heavy atom. The van der Waals surface area contributed by atoms with Crippen molar-refractivity contribution in [2.24, 2.45) is 0 Å². The maximum Gasteiger partial charge on any atom is 0.194 e. The standard InChI is InChI=1S/C78H56N4/c1-75(2)48-78(54-35-20-10-21-36-54,55-37-22-11-23-38-55)70-60(80-5)45-64-66(71(70)75)59-44-63-65(58-39-24-25-42-61(58)81(63)73-56(49-27-12-6-13-28-49)40-26-41-57(73)50-29-14-7-15-30-50)68-67-62(82(64)74(59)68)43-51(46-79)69-72(67)76(3,4)47-77(69,52-31-16-8-17-32-52)53-33-18-9-19-34-53/h6-45H,47-48H2,1-4H3. The molecule has 4 nitrogen and oxygen atoms in total. The zero-order chi connectivity index (χ0) is 55.3. The van der Waals surface area contributed by atoms with Gasteiger partial charge in [0.2, 0.25) is 0 Å². The minimum Gasteiger partial charge on any atom is -0.309 e. The molecule has 0 spiro atoms. The molecule has 3 heterocycles. The summed E-state index contributed by atoms with van der Waals surface area (Å²) < 4.78 is 5.07. The predicted octanol–water partition coefficient (Wildman–Crippen LogP) is 19.7. The van der Waals surface area contributed by atoms with Crippen molar-refractivity contribution in [2.45, 2.75) is 62.2 Å². The minimum absolute atomic E-state index is 0.411. The number of rotatable bonds is 7. The van der Waals surface area contributed by atoms with Gasteiger partial charge in [0.1, 0.15) is 0 Å². The highest BCUT2D eigenvalue weighted by molar-refractivity contribution is 6.37. The van der Waals surface area contributed by atoms with E-state index in [9.17, 15) is 11.8 Å². The summed E-state index contributed by atoms with van der Waals surface area (Å²) in [6.45, 7) is 19.0. The number of aromatic nitrogens is 2. The zero-order valence-electron chi connectivity index (χ0n) is 46.3. The molecule has 0 amide bonds. The Morgan fingerprint density at radius 1 is 0.415 bits per heavy atom. The fourth-order valence-corrected chi connectivity index (χ4v) is 16.4. The number of benzene rings is 11. The number of para-hydroxylation sites is 2. The minimum atomic E-state index is -0.638. The quantitative estimate of drug-likeness (QED) is 0.147. The Balaban J connectivity index is 1.18. The predicted molar refractivity (Wildman–Crippen MR) is 338 cm³/mol. The lowest BCUT2D eigenvalue weighted by molar-refractivity contribution is 0.445. The van der Waals surface area contributed by atoms with Crippen molar-refractivity contribution >= 4 is 65.6 Å². The van der Waals surface area contributed by atoms with Crippen LogP contribution in [-0.2, 0) is 21.7 Å². The fourth-order valence-electron chi connectivity index (χ4n) is 16.4. The van der Waals surface area contributed by atoms with Gasteiger partial charge in [0.05, 0.1) is 46.0 Å². The molecule has 0 saturated carbocycles. The molecule has 0 radical (unpaired) electrons. The first-order valence-corrected chi connectivity index (χ1v) is 28.7. The van der Waals surface area contributed by atoms with Gasteiger partial charge in [-0.2, -0.15) is 5.26 Å². The first-order valence-electron chi connectivity index (χ1n) is 28.7. The van der Waals surface area contributed by atoms with Crippen molar-refractivity contribution in [2.75, 3.05) is 0 Å². The van der Waals surface area contributed by atoms with Crippen molar-refractivity contribution in [1.82, 2.24) is 8.97 Å². The molecular formula is C78H56N4. The molecule has 14 aromatic rings. The van der Waals surface area contributed by atoms with Crippen LogP contribution in [0.3, 0.4) is 0 Å². The highest BCUT2D eigenvalue weighted by atomic mass is 15.0. The highest BCUT2D eigenvalue weighted by Gasteiger charge is 2.55. The number of nitriles is 1. The van der Waals surface area contributed by atoms with Crippen LogP contribution in [0.2, 0.25) is 0 Å². The van der Waals surface area contributed by atoms with Crippen LogP contribution in [0, 0.1) is 17.9 Å². The summed E-state index contributed by atoms with van der Waals surface area (Å²) in [5.74, 6) is 0. The molecule has 2 aliphatic carbocycles. The summed E-state index contributed by atoms with van der Waals surface area (Å²) in [5, 5.41) is 18.9. The van der Waals surface area contributed by atoms with Gasteiger partial charge in [0, 0.05) is 59.8 Å². The van der Waals surface area contributed by atoms with E-state index in [1.54, 1.807) is 0 Å². The van der Waals surface area contributed by atoms with E-state index >= 15 is 0 Å². The molecule has 388 valence electrons. The third kappa shape index (κ3) is 6.25. The molecule has 0 unspecified atom stereocenters. The maximum atomic E-state index is 11.9. The van der Waals surface area contributed by atoms with E-state index in [4.69, 9.17) is 0 Å². The van der Waals surface area contributed by atoms with Crippen LogP contribution in [-0.4, -0.2) is 8.97 Å². The summed E-state index contributed by atoms with van der Waals surface area (Å²) in [6, 6.07) is 91.1. The van der Waals surface area contributed by atoms with Gasteiger partial charge in [-0.1, -0.05) is 246 Å². The molecule has 3 aromatic heterocycles. The van der Waals surface area contributed by atoms with Gasteiger partial charge >= 0.3 is 0 Å². The Kier molecular flexibility index (Phi) is 10.1. The Morgan fingerprint density at radius 3 is 1.37 bits per heavy atom. The van der Waals surface area contributed by atoms with Gasteiger partial charge in [0.15, 0.2) is 5.69 Å². The molecule has 0 atom stereocenters. The lowest BCUT2D eigenvalue weighted by Gasteiger charge is -2.34. The van der Waals surface area contributed by atoms with Crippen LogP contribution < -0.4 is 0 Å². The first kappa shape index (κ1) is 48.0. The summed E-state index contributed by atoms with van der Waals surface area (Å²) in [4.78, 5) is 4.62. The van der Waals surface area contributed by atoms with Crippen molar-refractivity contribution in [3.05, 3.63) is 304 Å². The van der Waals surface area contributed by atoms with Gasteiger partial charge in [-0.05, 0) is 104 Å². The fraction of sp³-hybridized carbons (Fsp3) is 0.128. The van der Waals surface area contributed by atoms with Gasteiger partial charge in [-0.25, -0.2) is 4.85 Å². The van der Waals surface area contributed by atoms with Gasteiger partial charge in [0.25, 0.3) is 0 Å². The molecule has 2 aliphatic rings. The molecule has 0 fully saturated rings. The number of hydrogen-bond acceptors (Lipinski definition) is 1.